The molecule has 112 valence electrons. The first-order chi connectivity index (χ1) is 9.62. The first-order valence-electron chi connectivity index (χ1n) is 8.10. The smallest absolute Gasteiger partial charge is 0.0961 e. The fourth-order valence-electron chi connectivity index (χ4n) is 4.16. The van der Waals surface area contributed by atoms with Crippen molar-refractivity contribution >= 4 is 0 Å². The molecule has 1 saturated carbocycles. The monoisotopic (exact) mass is 275 g/mol. The van der Waals surface area contributed by atoms with E-state index in [0.29, 0.717) is 12.5 Å². The van der Waals surface area contributed by atoms with Crippen molar-refractivity contribution < 1.29 is 5.11 Å². The highest BCUT2D eigenvalue weighted by atomic mass is 16.3. The van der Waals surface area contributed by atoms with Gasteiger partial charge in [-0.3, -0.25) is 0 Å². The predicted octanol–water partition coefficient (Wildman–Crippen LogP) is 3.83. The average Bonchev–Trinajstić information content (AvgIpc) is 2.54. The maximum atomic E-state index is 11.5. The molecule has 0 saturated heterocycles. The van der Waals surface area contributed by atoms with Gasteiger partial charge in [-0.1, -0.05) is 63.4 Å². The lowest BCUT2D eigenvalue weighted by Crippen LogP contribution is -2.52. The number of aliphatic hydroxyl groups is 1. The van der Waals surface area contributed by atoms with Gasteiger partial charge in [-0.2, -0.15) is 0 Å². The van der Waals surface area contributed by atoms with Crippen molar-refractivity contribution in [3.05, 3.63) is 35.9 Å². The third-order valence-corrected chi connectivity index (χ3v) is 5.56. The number of benzene rings is 1. The van der Waals surface area contributed by atoms with Crippen LogP contribution in [-0.2, 0) is 5.60 Å². The standard InChI is InChI=1S/C18H29NO/c1-3-15-9-8-12-17(13-15,14-19)18(20,4-2)16-10-6-5-7-11-16/h5-7,10-11,15,20H,3-4,8-9,12-14,19H2,1-2H3. The molecule has 3 N–H and O–H groups in total. The van der Waals surface area contributed by atoms with Crippen LogP contribution in [0.1, 0.15) is 57.9 Å². The van der Waals surface area contributed by atoms with Gasteiger partial charge in [0.05, 0.1) is 5.60 Å². The molecule has 0 aliphatic heterocycles. The minimum Gasteiger partial charge on any atom is -0.385 e. The van der Waals surface area contributed by atoms with E-state index in [4.69, 9.17) is 5.73 Å². The maximum Gasteiger partial charge on any atom is 0.0961 e. The maximum absolute atomic E-state index is 11.5. The van der Waals surface area contributed by atoms with Gasteiger partial charge in [-0.15, -0.1) is 0 Å². The summed E-state index contributed by atoms with van der Waals surface area (Å²) in [4.78, 5) is 0. The van der Waals surface area contributed by atoms with Gasteiger partial charge in [0.15, 0.2) is 0 Å². The second kappa shape index (κ2) is 6.28. The van der Waals surface area contributed by atoms with Crippen LogP contribution in [0.15, 0.2) is 30.3 Å². The van der Waals surface area contributed by atoms with Crippen LogP contribution in [0.4, 0.5) is 0 Å². The molecule has 0 amide bonds. The SMILES string of the molecule is CCC1CCCC(CN)(C(O)(CC)c2ccccc2)C1. The van der Waals surface area contributed by atoms with Crippen LogP contribution >= 0.6 is 0 Å². The fraction of sp³-hybridized carbons (Fsp3) is 0.667. The highest BCUT2D eigenvalue weighted by Crippen LogP contribution is 2.52. The Bertz CT molecular complexity index is 419. The van der Waals surface area contributed by atoms with Gasteiger partial charge in [0.2, 0.25) is 0 Å². The van der Waals surface area contributed by atoms with Gasteiger partial charge in [0, 0.05) is 12.0 Å². The lowest BCUT2D eigenvalue weighted by Gasteiger charge is -2.51. The Hall–Kier alpha value is -0.860. The summed E-state index contributed by atoms with van der Waals surface area (Å²) in [6.45, 7) is 4.91. The van der Waals surface area contributed by atoms with Crippen molar-refractivity contribution in [3.8, 4) is 0 Å². The molecule has 20 heavy (non-hydrogen) atoms. The highest BCUT2D eigenvalue weighted by Gasteiger charge is 2.51. The van der Waals surface area contributed by atoms with E-state index in [1.165, 1.54) is 19.3 Å². The number of hydrogen-bond donors (Lipinski definition) is 2. The van der Waals surface area contributed by atoms with Crippen molar-refractivity contribution in [1.29, 1.82) is 0 Å². The minimum absolute atomic E-state index is 0.165. The summed E-state index contributed by atoms with van der Waals surface area (Å²) < 4.78 is 0. The molecule has 1 aliphatic rings. The molecular formula is C18H29NO. The van der Waals surface area contributed by atoms with Crippen molar-refractivity contribution in [1.82, 2.24) is 0 Å². The molecule has 2 heteroatoms. The molecule has 0 heterocycles. The predicted molar refractivity (Wildman–Crippen MR) is 84.4 cm³/mol. The summed E-state index contributed by atoms with van der Waals surface area (Å²) in [5, 5.41) is 11.5. The molecule has 1 fully saturated rings. The molecule has 3 unspecified atom stereocenters. The molecule has 2 nitrogen and oxygen atoms in total. The van der Waals surface area contributed by atoms with Gasteiger partial charge in [-0.05, 0) is 30.7 Å². The van der Waals surface area contributed by atoms with E-state index in [0.717, 1.165) is 24.8 Å². The van der Waals surface area contributed by atoms with Crippen molar-refractivity contribution in [2.24, 2.45) is 17.1 Å². The van der Waals surface area contributed by atoms with Crippen LogP contribution in [0.2, 0.25) is 0 Å². The van der Waals surface area contributed by atoms with Crippen LogP contribution in [0, 0.1) is 11.3 Å². The fourth-order valence-corrected chi connectivity index (χ4v) is 4.16. The zero-order chi connectivity index (χ0) is 14.6. The Morgan fingerprint density at radius 2 is 2.00 bits per heavy atom. The first-order valence-corrected chi connectivity index (χ1v) is 8.10. The number of nitrogens with two attached hydrogens (primary N) is 1. The van der Waals surface area contributed by atoms with Crippen LogP contribution in [0.25, 0.3) is 0 Å². The zero-order valence-electron chi connectivity index (χ0n) is 12.9. The Kier molecular flexibility index (Phi) is 4.87. The van der Waals surface area contributed by atoms with E-state index in [-0.39, 0.29) is 5.41 Å². The molecule has 0 aromatic heterocycles. The van der Waals surface area contributed by atoms with Crippen molar-refractivity contribution in [2.75, 3.05) is 6.54 Å². The second-order valence-electron chi connectivity index (χ2n) is 6.43. The second-order valence-corrected chi connectivity index (χ2v) is 6.43. The molecule has 0 bridgehead atoms. The van der Waals surface area contributed by atoms with Crippen molar-refractivity contribution in [3.63, 3.8) is 0 Å². The highest BCUT2D eigenvalue weighted by molar-refractivity contribution is 5.26. The minimum atomic E-state index is -0.795. The van der Waals surface area contributed by atoms with Gasteiger partial charge < -0.3 is 10.8 Å². The summed E-state index contributed by atoms with van der Waals surface area (Å²) in [6, 6.07) is 10.1. The molecule has 1 aromatic rings. The van der Waals surface area contributed by atoms with Crippen molar-refractivity contribution in [2.45, 2.75) is 58.0 Å². The van der Waals surface area contributed by atoms with E-state index < -0.39 is 5.60 Å². The van der Waals surface area contributed by atoms with Crippen LogP contribution < -0.4 is 5.73 Å². The Morgan fingerprint density at radius 1 is 1.30 bits per heavy atom. The summed E-state index contributed by atoms with van der Waals surface area (Å²) >= 11 is 0. The third kappa shape index (κ3) is 2.51. The van der Waals surface area contributed by atoms with E-state index in [1.54, 1.807) is 0 Å². The summed E-state index contributed by atoms with van der Waals surface area (Å²) in [6.07, 6.45) is 6.48. The first kappa shape index (κ1) is 15.5. The molecule has 3 atom stereocenters. The molecule has 0 radical (unpaired) electrons. The Morgan fingerprint density at radius 3 is 2.55 bits per heavy atom. The summed E-state index contributed by atoms with van der Waals surface area (Å²) in [5.74, 6) is 0.703. The molecular weight excluding hydrogens is 246 g/mol. The van der Waals surface area contributed by atoms with Crippen LogP contribution in [-0.4, -0.2) is 11.7 Å². The summed E-state index contributed by atoms with van der Waals surface area (Å²) in [5.41, 5.74) is 6.27. The summed E-state index contributed by atoms with van der Waals surface area (Å²) in [7, 11) is 0. The van der Waals surface area contributed by atoms with E-state index >= 15 is 0 Å². The number of rotatable bonds is 5. The Balaban J connectivity index is 2.41. The van der Waals surface area contributed by atoms with E-state index in [9.17, 15) is 5.11 Å². The molecule has 2 rings (SSSR count). The van der Waals surface area contributed by atoms with E-state index in [1.807, 2.05) is 18.2 Å². The lowest BCUT2D eigenvalue weighted by atomic mass is 9.57. The number of hydrogen-bond acceptors (Lipinski definition) is 2. The topological polar surface area (TPSA) is 46.2 Å². The third-order valence-electron chi connectivity index (χ3n) is 5.56. The Labute approximate surface area is 123 Å². The van der Waals surface area contributed by atoms with Gasteiger partial charge >= 0.3 is 0 Å². The van der Waals surface area contributed by atoms with Gasteiger partial charge in [-0.25, -0.2) is 0 Å². The molecule has 1 aromatic carbocycles. The quantitative estimate of drug-likeness (QED) is 0.858. The normalized spacial score (nSPS) is 29.9. The van der Waals surface area contributed by atoms with Gasteiger partial charge in [0.25, 0.3) is 0 Å². The molecule has 1 aliphatic carbocycles. The molecule has 0 spiro atoms. The van der Waals surface area contributed by atoms with Crippen LogP contribution in [0.3, 0.4) is 0 Å². The lowest BCUT2D eigenvalue weighted by molar-refractivity contribution is -0.118. The van der Waals surface area contributed by atoms with Crippen LogP contribution in [0.5, 0.6) is 0 Å². The van der Waals surface area contributed by atoms with Gasteiger partial charge in [0.1, 0.15) is 0 Å². The largest absolute Gasteiger partial charge is 0.385 e. The average molecular weight is 275 g/mol. The zero-order valence-corrected chi connectivity index (χ0v) is 12.9. The van der Waals surface area contributed by atoms with E-state index in [2.05, 4.69) is 26.0 Å².